The molecule has 0 aromatic heterocycles. The third-order valence-electron chi connectivity index (χ3n) is 3.38. The maximum atomic E-state index is 5.51. The van der Waals surface area contributed by atoms with Crippen LogP contribution in [0.5, 0.6) is 0 Å². The van der Waals surface area contributed by atoms with Crippen LogP contribution in [0.2, 0.25) is 0 Å². The lowest BCUT2D eigenvalue weighted by Gasteiger charge is -2.34. The van der Waals surface area contributed by atoms with E-state index in [0.29, 0.717) is 13.2 Å². The first kappa shape index (κ1) is 15.9. The first-order chi connectivity index (χ1) is 8.86. The molecule has 1 saturated heterocycles. The zero-order chi connectivity index (χ0) is 13.1. The van der Waals surface area contributed by atoms with Crippen molar-refractivity contribution >= 4 is 0 Å². The molecule has 5 heteroatoms. The summed E-state index contributed by atoms with van der Waals surface area (Å²) in [6.45, 7) is 9.97. The van der Waals surface area contributed by atoms with Crippen LogP contribution in [-0.2, 0) is 9.47 Å². The van der Waals surface area contributed by atoms with Gasteiger partial charge in [-0.05, 0) is 25.9 Å². The zero-order valence-electron chi connectivity index (χ0n) is 11.8. The standard InChI is InChI=1S/C13H29N3O2/c1-17-12-13-18-11-10-16-8-6-15(7-9-16)5-3-2-4-14/h2-14H2,1H3. The first-order valence-electron chi connectivity index (χ1n) is 7.08. The average Bonchev–Trinajstić information content (AvgIpc) is 2.40. The minimum absolute atomic E-state index is 0.689. The molecule has 1 heterocycles. The van der Waals surface area contributed by atoms with Crippen LogP contribution in [0.4, 0.5) is 0 Å². The van der Waals surface area contributed by atoms with E-state index in [9.17, 15) is 0 Å². The predicted octanol–water partition coefficient (Wildman–Crippen LogP) is 0.00590. The lowest BCUT2D eigenvalue weighted by atomic mass is 10.2. The van der Waals surface area contributed by atoms with Gasteiger partial charge < -0.3 is 20.1 Å². The molecule has 0 atom stereocenters. The van der Waals surface area contributed by atoms with E-state index in [2.05, 4.69) is 9.80 Å². The van der Waals surface area contributed by atoms with Gasteiger partial charge in [0, 0.05) is 39.8 Å². The summed E-state index contributed by atoms with van der Waals surface area (Å²) in [5.41, 5.74) is 5.51. The Kier molecular flexibility index (Phi) is 9.42. The Morgan fingerprint density at radius 3 is 2.17 bits per heavy atom. The van der Waals surface area contributed by atoms with Gasteiger partial charge in [0.1, 0.15) is 0 Å². The van der Waals surface area contributed by atoms with E-state index in [4.69, 9.17) is 15.2 Å². The highest BCUT2D eigenvalue weighted by Gasteiger charge is 2.15. The van der Waals surface area contributed by atoms with Crippen molar-refractivity contribution in [2.45, 2.75) is 12.8 Å². The van der Waals surface area contributed by atoms with Crippen molar-refractivity contribution in [3.05, 3.63) is 0 Å². The molecule has 1 aliphatic heterocycles. The highest BCUT2D eigenvalue weighted by molar-refractivity contribution is 4.71. The third kappa shape index (κ3) is 7.28. The predicted molar refractivity (Wildman–Crippen MR) is 73.9 cm³/mol. The van der Waals surface area contributed by atoms with Gasteiger partial charge in [-0.3, -0.25) is 4.90 Å². The smallest absolute Gasteiger partial charge is 0.0700 e. The summed E-state index contributed by atoms with van der Waals surface area (Å²) in [6, 6.07) is 0. The molecule has 0 saturated carbocycles. The van der Waals surface area contributed by atoms with Gasteiger partial charge in [0.2, 0.25) is 0 Å². The number of hydrogen-bond acceptors (Lipinski definition) is 5. The Balaban J connectivity index is 1.94. The zero-order valence-corrected chi connectivity index (χ0v) is 11.8. The fourth-order valence-corrected chi connectivity index (χ4v) is 2.15. The normalized spacial score (nSPS) is 18.3. The molecule has 18 heavy (non-hydrogen) atoms. The van der Waals surface area contributed by atoms with Crippen LogP contribution in [-0.4, -0.2) is 82.5 Å². The van der Waals surface area contributed by atoms with Crippen LogP contribution in [0.1, 0.15) is 12.8 Å². The van der Waals surface area contributed by atoms with Gasteiger partial charge in [-0.15, -0.1) is 0 Å². The number of ether oxygens (including phenoxy) is 2. The minimum Gasteiger partial charge on any atom is -0.382 e. The van der Waals surface area contributed by atoms with E-state index in [1.807, 2.05) is 0 Å². The second kappa shape index (κ2) is 10.7. The highest BCUT2D eigenvalue weighted by Crippen LogP contribution is 2.03. The quantitative estimate of drug-likeness (QED) is 0.560. The molecule has 2 N–H and O–H groups in total. The molecule has 1 fully saturated rings. The molecule has 0 unspecified atom stereocenters. The van der Waals surface area contributed by atoms with Gasteiger partial charge in [0.25, 0.3) is 0 Å². The molecule has 0 radical (unpaired) electrons. The molecule has 108 valence electrons. The van der Waals surface area contributed by atoms with E-state index in [-0.39, 0.29) is 0 Å². The summed E-state index contributed by atoms with van der Waals surface area (Å²) in [7, 11) is 1.70. The molecule has 0 aromatic rings. The van der Waals surface area contributed by atoms with Gasteiger partial charge in [0.15, 0.2) is 0 Å². The maximum absolute atomic E-state index is 5.51. The van der Waals surface area contributed by atoms with Crippen LogP contribution < -0.4 is 5.73 Å². The van der Waals surface area contributed by atoms with Crippen molar-refractivity contribution in [1.29, 1.82) is 0 Å². The Morgan fingerprint density at radius 1 is 0.889 bits per heavy atom. The van der Waals surface area contributed by atoms with Crippen LogP contribution in [0.3, 0.4) is 0 Å². The van der Waals surface area contributed by atoms with Crippen molar-refractivity contribution in [2.75, 3.05) is 72.7 Å². The molecule has 0 spiro atoms. The van der Waals surface area contributed by atoms with Crippen molar-refractivity contribution < 1.29 is 9.47 Å². The number of nitrogens with zero attached hydrogens (tertiary/aromatic N) is 2. The molecule has 0 bridgehead atoms. The highest BCUT2D eigenvalue weighted by atomic mass is 16.5. The van der Waals surface area contributed by atoms with Crippen LogP contribution in [0.15, 0.2) is 0 Å². The van der Waals surface area contributed by atoms with E-state index < -0.39 is 0 Å². The number of nitrogens with two attached hydrogens (primary N) is 1. The summed E-state index contributed by atoms with van der Waals surface area (Å²) in [6.07, 6.45) is 2.38. The fraction of sp³-hybridized carbons (Fsp3) is 1.00. The van der Waals surface area contributed by atoms with Crippen LogP contribution in [0.25, 0.3) is 0 Å². The molecule has 0 amide bonds. The molecule has 0 aromatic carbocycles. The second-order valence-corrected chi connectivity index (χ2v) is 4.78. The van der Waals surface area contributed by atoms with Crippen molar-refractivity contribution in [3.63, 3.8) is 0 Å². The van der Waals surface area contributed by atoms with Crippen LogP contribution in [0, 0.1) is 0 Å². The van der Waals surface area contributed by atoms with Crippen LogP contribution >= 0.6 is 0 Å². The Bertz CT molecular complexity index is 185. The van der Waals surface area contributed by atoms with E-state index >= 15 is 0 Å². The van der Waals surface area contributed by atoms with Gasteiger partial charge in [-0.1, -0.05) is 0 Å². The Hall–Kier alpha value is -0.200. The first-order valence-corrected chi connectivity index (χ1v) is 7.08. The monoisotopic (exact) mass is 259 g/mol. The van der Waals surface area contributed by atoms with Crippen molar-refractivity contribution in [1.82, 2.24) is 9.80 Å². The molecular weight excluding hydrogens is 230 g/mol. The SMILES string of the molecule is COCCOCCN1CCN(CCCCN)CC1. The Morgan fingerprint density at radius 2 is 1.56 bits per heavy atom. The fourth-order valence-electron chi connectivity index (χ4n) is 2.15. The van der Waals surface area contributed by atoms with Crippen molar-refractivity contribution in [2.24, 2.45) is 5.73 Å². The average molecular weight is 259 g/mol. The number of methoxy groups -OCH3 is 1. The summed E-state index contributed by atoms with van der Waals surface area (Å²) in [4.78, 5) is 5.02. The molecular formula is C13H29N3O2. The largest absolute Gasteiger partial charge is 0.382 e. The van der Waals surface area contributed by atoms with Gasteiger partial charge in [0.05, 0.1) is 19.8 Å². The van der Waals surface area contributed by atoms with Gasteiger partial charge >= 0.3 is 0 Å². The molecule has 1 rings (SSSR count). The van der Waals surface area contributed by atoms with E-state index in [1.165, 1.54) is 26.1 Å². The minimum atomic E-state index is 0.689. The van der Waals surface area contributed by atoms with E-state index in [0.717, 1.165) is 39.2 Å². The summed E-state index contributed by atoms with van der Waals surface area (Å²) in [5.74, 6) is 0. The number of rotatable bonds is 10. The summed E-state index contributed by atoms with van der Waals surface area (Å²) < 4.78 is 10.4. The maximum Gasteiger partial charge on any atom is 0.0700 e. The summed E-state index contributed by atoms with van der Waals surface area (Å²) >= 11 is 0. The Labute approximate surface area is 111 Å². The molecule has 0 aliphatic carbocycles. The van der Waals surface area contributed by atoms with Gasteiger partial charge in [-0.2, -0.15) is 0 Å². The number of unbranched alkanes of at least 4 members (excludes halogenated alkanes) is 1. The van der Waals surface area contributed by atoms with Gasteiger partial charge in [-0.25, -0.2) is 0 Å². The van der Waals surface area contributed by atoms with Crippen molar-refractivity contribution in [3.8, 4) is 0 Å². The third-order valence-corrected chi connectivity index (χ3v) is 3.38. The topological polar surface area (TPSA) is 51.0 Å². The number of piperazine rings is 1. The number of hydrogen-bond donors (Lipinski definition) is 1. The van der Waals surface area contributed by atoms with E-state index in [1.54, 1.807) is 7.11 Å². The molecule has 1 aliphatic rings. The molecule has 5 nitrogen and oxygen atoms in total. The lowest BCUT2D eigenvalue weighted by Crippen LogP contribution is -2.47. The second-order valence-electron chi connectivity index (χ2n) is 4.78. The summed E-state index contributed by atoms with van der Waals surface area (Å²) in [5, 5.41) is 0. The lowest BCUT2D eigenvalue weighted by molar-refractivity contribution is 0.0460.